The fourth-order valence-corrected chi connectivity index (χ4v) is 2.11. The number of hydrogen-bond acceptors (Lipinski definition) is 6. The topological polar surface area (TPSA) is 87.1 Å². The van der Waals surface area contributed by atoms with Gasteiger partial charge in [-0.1, -0.05) is 5.16 Å². The molecule has 0 radical (unpaired) electrons. The lowest BCUT2D eigenvalue weighted by Crippen LogP contribution is -2.34. The molecule has 0 saturated heterocycles. The van der Waals surface area contributed by atoms with Crippen molar-refractivity contribution >= 4 is 0 Å². The molecule has 112 valence electrons. The van der Waals surface area contributed by atoms with Gasteiger partial charge in [-0.15, -0.1) is 0 Å². The van der Waals surface area contributed by atoms with Gasteiger partial charge in [-0.2, -0.15) is 4.98 Å². The Hall–Kier alpha value is -1.95. The minimum absolute atomic E-state index is 0.333. The highest BCUT2D eigenvalue weighted by atomic mass is 16.5. The molecule has 2 aromatic rings. The van der Waals surface area contributed by atoms with E-state index in [0.717, 1.165) is 18.6 Å². The summed E-state index contributed by atoms with van der Waals surface area (Å²) in [5, 5.41) is 3.97. The van der Waals surface area contributed by atoms with E-state index in [4.69, 9.17) is 15.0 Å². The van der Waals surface area contributed by atoms with Crippen LogP contribution >= 0.6 is 0 Å². The third-order valence-electron chi connectivity index (χ3n) is 3.39. The Morgan fingerprint density at radius 2 is 2.24 bits per heavy atom. The second-order valence-corrected chi connectivity index (χ2v) is 6.22. The molecule has 1 aliphatic carbocycles. The van der Waals surface area contributed by atoms with Gasteiger partial charge in [0.25, 0.3) is 0 Å². The van der Waals surface area contributed by atoms with Gasteiger partial charge in [-0.05, 0) is 39.2 Å². The molecule has 1 aliphatic rings. The summed E-state index contributed by atoms with van der Waals surface area (Å²) in [4.78, 5) is 8.62. The second-order valence-electron chi connectivity index (χ2n) is 6.22. The van der Waals surface area contributed by atoms with Crippen LogP contribution in [0.2, 0.25) is 0 Å². The van der Waals surface area contributed by atoms with Crippen LogP contribution in [0, 0.1) is 0 Å². The summed E-state index contributed by atoms with van der Waals surface area (Å²) in [6.45, 7) is 3.84. The van der Waals surface area contributed by atoms with Crippen molar-refractivity contribution in [3.63, 3.8) is 0 Å². The lowest BCUT2D eigenvalue weighted by molar-refractivity contribution is 0.120. The predicted octanol–water partition coefficient (Wildman–Crippen LogP) is 2.34. The first-order valence-corrected chi connectivity index (χ1v) is 7.24. The van der Waals surface area contributed by atoms with Crippen molar-refractivity contribution in [1.82, 2.24) is 15.1 Å². The summed E-state index contributed by atoms with van der Waals surface area (Å²) < 4.78 is 11.1. The van der Waals surface area contributed by atoms with Crippen molar-refractivity contribution in [1.29, 1.82) is 0 Å². The number of ether oxygens (including phenoxy) is 1. The Balaban J connectivity index is 1.75. The summed E-state index contributed by atoms with van der Waals surface area (Å²) in [5.41, 5.74) is 6.22. The van der Waals surface area contributed by atoms with Crippen LogP contribution in [-0.4, -0.2) is 26.8 Å². The zero-order chi connectivity index (χ0) is 14.9. The minimum Gasteiger partial charge on any atom is -0.490 e. The third-order valence-corrected chi connectivity index (χ3v) is 3.39. The molecule has 3 rings (SSSR count). The second kappa shape index (κ2) is 5.44. The molecular weight excluding hydrogens is 268 g/mol. The Kier molecular flexibility index (Phi) is 3.63. The van der Waals surface area contributed by atoms with Gasteiger partial charge in [0.05, 0.1) is 6.10 Å². The average Bonchev–Trinajstić information content (AvgIpc) is 2.80. The number of pyridine rings is 1. The first kappa shape index (κ1) is 14.0. The molecule has 2 N–H and O–H groups in total. The van der Waals surface area contributed by atoms with Crippen molar-refractivity contribution < 1.29 is 9.26 Å². The Bertz CT molecular complexity index is 614. The van der Waals surface area contributed by atoms with Crippen molar-refractivity contribution in [3.8, 4) is 17.3 Å². The molecule has 1 saturated carbocycles. The quantitative estimate of drug-likeness (QED) is 0.908. The van der Waals surface area contributed by atoms with E-state index in [1.807, 2.05) is 26.0 Å². The maximum atomic E-state index is 5.95. The molecular formula is C15H20N4O2. The number of nitrogens with two attached hydrogens (primary N) is 1. The van der Waals surface area contributed by atoms with Crippen LogP contribution in [0.3, 0.4) is 0 Å². The van der Waals surface area contributed by atoms with E-state index in [9.17, 15) is 0 Å². The number of nitrogens with zero attached hydrogens (tertiary/aromatic N) is 3. The SMILES string of the molecule is CC(C)(N)Cc1nc(-c2cc(OC3CCC3)ccn2)no1. The lowest BCUT2D eigenvalue weighted by Gasteiger charge is -2.26. The standard InChI is InChI=1S/C15H20N4O2/c1-15(2,16)9-13-18-14(19-21-13)12-8-11(6-7-17-12)20-10-4-3-5-10/h6-8,10H,3-5,9,16H2,1-2H3. The minimum atomic E-state index is -0.383. The van der Waals surface area contributed by atoms with Crippen LogP contribution in [0.1, 0.15) is 39.0 Å². The van der Waals surface area contributed by atoms with Crippen molar-refractivity contribution in [2.45, 2.75) is 51.2 Å². The van der Waals surface area contributed by atoms with Crippen molar-refractivity contribution in [3.05, 3.63) is 24.2 Å². The molecule has 0 atom stereocenters. The molecule has 0 aliphatic heterocycles. The van der Waals surface area contributed by atoms with Crippen LogP contribution in [0.25, 0.3) is 11.5 Å². The van der Waals surface area contributed by atoms with E-state index in [2.05, 4.69) is 15.1 Å². The predicted molar refractivity (Wildman–Crippen MR) is 77.8 cm³/mol. The molecule has 0 unspecified atom stereocenters. The van der Waals surface area contributed by atoms with E-state index < -0.39 is 0 Å². The summed E-state index contributed by atoms with van der Waals surface area (Å²) in [7, 11) is 0. The summed E-state index contributed by atoms with van der Waals surface area (Å²) in [6.07, 6.45) is 6.04. The Labute approximate surface area is 123 Å². The van der Waals surface area contributed by atoms with Crippen LogP contribution in [0.4, 0.5) is 0 Å². The summed E-state index contributed by atoms with van der Waals surface area (Å²) >= 11 is 0. The Morgan fingerprint density at radius 3 is 2.90 bits per heavy atom. The fraction of sp³-hybridized carbons (Fsp3) is 0.533. The zero-order valence-electron chi connectivity index (χ0n) is 12.4. The smallest absolute Gasteiger partial charge is 0.228 e. The van der Waals surface area contributed by atoms with E-state index in [0.29, 0.717) is 29.9 Å². The Morgan fingerprint density at radius 1 is 1.43 bits per heavy atom. The normalized spacial score (nSPS) is 15.8. The molecule has 2 aromatic heterocycles. The van der Waals surface area contributed by atoms with Crippen LogP contribution in [0.5, 0.6) is 5.75 Å². The van der Waals surface area contributed by atoms with Gasteiger partial charge in [0.1, 0.15) is 11.4 Å². The molecule has 2 heterocycles. The van der Waals surface area contributed by atoms with E-state index in [-0.39, 0.29) is 5.54 Å². The van der Waals surface area contributed by atoms with Gasteiger partial charge in [0.2, 0.25) is 11.7 Å². The maximum absolute atomic E-state index is 5.95. The number of aromatic nitrogens is 3. The van der Waals surface area contributed by atoms with Gasteiger partial charge < -0.3 is 15.0 Å². The van der Waals surface area contributed by atoms with Crippen LogP contribution < -0.4 is 10.5 Å². The van der Waals surface area contributed by atoms with E-state index in [1.165, 1.54) is 6.42 Å². The molecule has 6 nitrogen and oxygen atoms in total. The van der Waals surface area contributed by atoms with Crippen LogP contribution in [-0.2, 0) is 6.42 Å². The highest BCUT2D eigenvalue weighted by Crippen LogP contribution is 2.26. The summed E-state index contributed by atoms with van der Waals surface area (Å²) in [5.74, 6) is 1.79. The van der Waals surface area contributed by atoms with Crippen molar-refractivity contribution in [2.75, 3.05) is 0 Å². The zero-order valence-corrected chi connectivity index (χ0v) is 12.4. The highest BCUT2D eigenvalue weighted by Gasteiger charge is 2.20. The molecule has 0 amide bonds. The van der Waals surface area contributed by atoms with Gasteiger partial charge in [0, 0.05) is 24.2 Å². The molecule has 0 aromatic carbocycles. The highest BCUT2D eigenvalue weighted by molar-refractivity contribution is 5.50. The van der Waals surface area contributed by atoms with Gasteiger partial charge in [0.15, 0.2) is 0 Å². The number of rotatable bonds is 5. The third kappa shape index (κ3) is 3.58. The maximum Gasteiger partial charge on any atom is 0.228 e. The largest absolute Gasteiger partial charge is 0.490 e. The summed E-state index contributed by atoms with van der Waals surface area (Å²) in [6, 6.07) is 3.70. The van der Waals surface area contributed by atoms with Gasteiger partial charge in [-0.25, -0.2) is 0 Å². The van der Waals surface area contributed by atoms with E-state index in [1.54, 1.807) is 6.20 Å². The fourth-order valence-electron chi connectivity index (χ4n) is 2.11. The molecule has 0 bridgehead atoms. The van der Waals surface area contributed by atoms with Crippen LogP contribution in [0.15, 0.2) is 22.9 Å². The first-order valence-electron chi connectivity index (χ1n) is 7.24. The van der Waals surface area contributed by atoms with E-state index >= 15 is 0 Å². The molecule has 6 heteroatoms. The number of hydrogen-bond donors (Lipinski definition) is 1. The van der Waals surface area contributed by atoms with Gasteiger partial charge >= 0.3 is 0 Å². The molecule has 0 spiro atoms. The average molecular weight is 288 g/mol. The first-order chi connectivity index (χ1) is 9.99. The van der Waals surface area contributed by atoms with Gasteiger partial charge in [-0.3, -0.25) is 4.98 Å². The lowest BCUT2D eigenvalue weighted by atomic mass is 9.96. The molecule has 1 fully saturated rings. The molecule has 21 heavy (non-hydrogen) atoms. The monoisotopic (exact) mass is 288 g/mol. The van der Waals surface area contributed by atoms with Crippen molar-refractivity contribution in [2.24, 2.45) is 5.73 Å².